The number of hydrogen-bond donors (Lipinski definition) is 2. The fourth-order valence-electron chi connectivity index (χ4n) is 8.37. The third kappa shape index (κ3) is 17.9. The smallest absolute Gasteiger partial charge is 0.410 e. The molecule has 18 nitrogen and oxygen atoms in total. The molecule has 2 N–H and O–H groups in total. The molecule has 2 aromatic carbocycles. The number of amides is 6. The molecule has 72 heavy (non-hydrogen) atoms. The van der Waals surface area contributed by atoms with Crippen molar-refractivity contribution in [3.63, 3.8) is 0 Å². The number of halogens is 2. The standard InChI is InChI=1S/C52H71F2N7O11/c1-36(62)61(48(51(2,3)4)49-57-43(41-29-40(53)13-14-42(41)54)35-58(49)31-37-11-9-8-10-12-37)34-39-33-59(50(67)72-52(5,6)7)32-38(39)30-56-45(64)18-21-68-23-25-70-27-28-71-26-24-69-22-19-55-44(63)17-20-60-46(65)15-16-47(60)66/h8-16,29,35,38-39,48H,17-28,30-34H2,1-7H3,(H,55,63)(H,56,64). The van der Waals surface area contributed by atoms with Crippen LogP contribution in [0.5, 0.6) is 0 Å². The van der Waals surface area contributed by atoms with Crippen LogP contribution in [0.2, 0.25) is 0 Å². The van der Waals surface area contributed by atoms with E-state index in [4.69, 9.17) is 28.7 Å². The summed E-state index contributed by atoms with van der Waals surface area (Å²) < 4.78 is 59.6. The Morgan fingerprint density at radius 1 is 0.778 bits per heavy atom. The molecule has 394 valence electrons. The number of benzene rings is 2. The number of nitrogens with one attached hydrogen (secondary N) is 2. The molecule has 3 aromatic rings. The first-order valence-electron chi connectivity index (χ1n) is 24.4. The van der Waals surface area contributed by atoms with E-state index in [0.29, 0.717) is 45.4 Å². The fourth-order valence-corrected chi connectivity index (χ4v) is 8.37. The Bertz CT molecular complexity index is 2310. The number of likely N-dealkylation sites (tertiary alicyclic amines) is 1. The third-order valence-corrected chi connectivity index (χ3v) is 11.8. The zero-order chi connectivity index (χ0) is 52.4. The summed E-state index contributed by atoms with van der Waals surface area (Å²) in [5.41, 5.74) is -0.222. The third-order valence-electron chi connectivity index (χ3n) is 11.8. The van der Waals surface area contributed by atoms with Gasteiger partial charge in [0.25, 0.3) is 11.8 Å². The Kier molecular flexibility index (Phi) is 21.4. The lowest BCUT2D eigenvalue weighted by atomic mass is 9.83. The molecule has 6 amide bonds. The minimum Gasteiger partial charge on any atom is -0.444 e. The van der Waals surface area contributed by atoms with E-state index in [9.17, 15) is 33.2 Å². The number of hydrogen-bond acceptors (Lipinski definition) is 12. The molecule has 1 fully saturated rings. The van der Waals surface area contributed by atoms with Gasteiger partial charge in [0.05, 0.1) is 64.6 Å². The van der Waals surface area contributed by atoms with E-state index in [0.717, 1.165) is 28.7 Å². The first kappa shape index (κ1) is 56.8. The van der Waals surface area contributed by atoms with E-state index in [1.807, 2.05) is 55.7 Å². The predicted octanol–water partition coefficient (Wildman–Crippen LogP) is 5.30. The van der Waals surface area contributed by atoms with Crippen LogP contribution >= 0.6 is 0 Å². The van der Waals surface area contributed by atoms with Crippen LogP contribution in [-0.2, 0) is 54.2 Å². The second kappa shape index (κ2) is 27.1. The van der Waals surface area contributed by atoms with E-state index in [-0.39, 0.29) is 113 Å². The van der Waals surface area contributed by atoms with Gasteiger partial charge in [-0.15, -0.1) is 0 Å². The zero-order valence-corrected chi connectivity index (χ0v) is 42.6. The molecule has 0 spiro atoms. The van der Waals surface area contributed by atoms with Crippen molar-refractivity contribution in [3.05, 3.63) is 89.9 Å². The number of aromatic nitrogens is 2. The number of rotatable bonds is 27. The van der Waals surface area contributed by atoms with Gasteiger partial charge in [0.15, 0.2) is 0 Å². The normalized spacial score (nSPS) is 16.3. The fraction of sp³-hybridized carbons (Fsp3) is 0.558. The van der Waals surface area contributed by atoms with Crippen molar-refractivity contribution in [2.24, 2.45) is 17.3 Å². The molecule has 0 saturated carbocycles. The molecule has 3 atom stereocenters. The highest BCUT2D eigenvalue weighted by atomic mass is 19.1. The minimum absolute atomic E-state index is 0.00482. The first-order chi connectivity index (χ1) is 34.2. The Morgan fingerprint density at radius 3 is 1.99 bits per heavy atom. The van der Waals surface area contributed by atoms with Crippen LogP contribution in [0, 0.1) is 28.9 Å². The van der Waals surface area contributed by atoms with Crippen LogP contribution in [0.3, 0.4) is 0 Å². The highest BCUT2D eigenvalue weighted by Crippen LogP contribution is 2.41. The molecule has 2 aliphatic rings. The number of imidazole rings is 1. The number of carbonyl (C=O) groups excluding carboxylic acids is 6. The molecular formula is C52H71F2N7O11. The van der Waals surface area contributed by atoms with Crippen LogP contribution in [-0.4, -0.2) is 158 Å². The van der Waals surface area contributed by atoms with E-state index >= 15 is 4.39 Å². The molecule has 0 radical (unpaired) electrons. The van der Waals surface area contributed by atoms with Crippen molar-refractivity contribution >= 4 is 35.6 Å². The van der Waals surface area contributed by atoms with Crippen molar-refractivity contribution in [2.75, 3.05) is 92.1 Å². The monoisotopic (exact) mass is 1010 g/mol. The SMILES string of the molecule is CC(=O)N(CC1CN(C(=O)OC(C)(C)C)CC1CNC(=O)CCOCCOCCOCCOCCNC(=O)CCN1C(=O)C=CC1=O)C(c1nc(-c2cc(F)ccc2F)cn1Cc1ccccc1)C(C)(C)C. The van der Waals surface area contributed by atoms with Gasteiger partial charge < -0.3 is 48.7 Å². The lowest BCUT2D eigenvalue weighted by molar-refractivity contribution is -0.137. The Morgan fingerprint density at radius 2 is 1.38 bits per heavy atom. The van der Waals surface area contributed by atoms with Crippen LogP contribution in [0.15, 0.2) is 66.9 Å². The summed E-state index contributed by atoms with van der Waals surface area (Å²) in [6.07, 6.45) is 3.64. The maximum Gasteiger partial charge on any atom is 0.410 e. The Hall–Kier alpha value is -6.09. The van der Waals surface area contributed by atoms with Gasteiger partial charge in [0.2, 0.25) is 17.7 Å². The number of ether oxygens (including phenoxy) is 5. The molecule has 1 aromatic heterocycles. The van der Waals surface area contributed by atoms with Crippen LogP contribution in [0.4, 0.5) is 13.6 Å². The lowest BCUT2D eigenvalue weighted by Crippen LogP contribution is -2.46. The van der Waals surface area contributed by atoms with Crippen LogP contribution < -0.4 is 10.6 Å². The Labute approximate surface area is 420 Å². The predicted molar refractivity (Wildman–Crippen MR) is 262 cm³/mol. The summed E-state index contributed by atoms with van der Waals surface area (Å²) in [4.78, 5) is 84.9. The molecule has 20 heteroatoms. The maximum absolute atomic E-state index is 15.3. The lowest BCUT2D eigenvalue weighted by Gasteiger charge is -2.41. The molecule has 3 heterocycles. The largest absolute Gasteiger partial charge is 0.444 e. The van der Waals surface area contributed by atoms with Crippen molar-refractivity contribution in [1.82, 2.24) is 34.9 Å². The van der Waals surface area contributed by atoms with Crippen LogP contribution in [0.1, 0.15) is 78.7 Å². The van der Waals surface area contributed by atoms with Crippen molar-refractivity contribution in [1.29, 1.82) is 0 Å². The van der Waals surface area contributed by atoms with Gasteiger partial charge in [0.1, 0.15) is 23.1 Å². The summed E-state index contributed by atoms with van der Waals surface area (Å²) in [6.45, 7) is 16.7. The van der Waals surface area contributed by atoms with Crippen molar-refractivity contribution in [3.8, 4) is 11.3 Å². The van der Waals surface area contributed by atoms with E-state index in [2.05, 4.69) is 10.6 Å². The molecule has 2 aliphatic heterocycles. The number of nitrogens with zero attached hydrogens (tertiary/aromatic N) is 5. The number of imide groups is 1. The quantitative estimate of drug-likeness (QED) is 0.0739. The molecule has 0 aliphatic carbocycles. The summed E-state index contributed by atoms with van der Waals surface area (Å²) in [5.74, 6) is -2.96. The Balaban J connectivity index is 1.09. The van der Waals surface area contributed by atoms with Gasteiger partial charge in [0, 0.05) is 101 Å². The molecule has 5 rings (SSSR count). The van der Waals surface area contributed by atoms with Gasteiger partial charge in [-0.3, -0.25) is 28.9 Å². The highest BCUT2D eigenvalue weighted by Gasteiger charge is 2.43. The molecule has 3 unspecified atom stereocenters. The topological polar surface area (TPSA) is 200 Å². The zero-order valence-electron chi connectivity index (χ0n) is 42.6. The second-order valence-electron chi connectivity index (χ2n) is 19.8. The van der Waals surface area contributed by atoms with Crippen molar-refractivity contribution in [2.45, 2.75) is 79.5 Å². The van der Waals surface area contributed by atoms with E-state index in [1.165, 1.54) is 19.1 Å². The summed E-state index contributed by atoms with van der Waals surface area (Å²) in [6, 6.07) is 12.2. The summed E-state index contributed by atoms with van der Waals surface area (Å²) >= 11 is 0. The van der Waals surface area contributed by atoms with Crippen molar-refractivity contribution < 1.29 is 61.2 Å². The van der Waals surface area contributed by atoms with E-state index in [1.54, 1.807) is 36.8 Å². The highest BCUT2D eigenvalue weighted by molar-refractivity contribution is 6.13. The average molecular weight is 1010 g/mol. The average Bonchev–Trinajstić information content (AvgIpc) is 4.01. The minimum atomic E-state index is -0.751. The first-order valence-corrected chi connectivity index (χ1v) is 24.4. The molecule has 1 saturated heterocycles. The van der Waals surface area contributed by atoms with Gasteiger partial charge in [-0.25, -0.2) is 18.6 Å². The summed E-state index contributed by atoms with van der Waals surface area (Å²) in [7, 11) is 0. The van der Waals surface area contributed by atoms with Gasteiger partial charge >= 0.3 is 6.09 Å². The molecular weight excluding hydrogens is 937 g/mol. The summed E-state index contributed by atoms with van der Waals surface area (Å²) in [5, 5.41) is 5.68. The second-order valence-corrected chi connectivity index (χ2v) is 19.8. The maximum atomic E-state index is 15.3. The van der Waals surface area contributed by atoms with Gasteiger partial charge in [-0.1, -0.05) is 51.1 Å². The molecule has 0 bridgehead atoms. The van der Waals surface area contributed by atoms with Gasteiger partial charge in [-0.2, -0.15) is 0 Å². The van der Waals surface area contributed by atoms with E-state index < -0.39 is 46.6 Å². The van der Waals surface area contributed by atoms with Crippen LogP contribution in [0.25, 0.3) is 11.3 Å². The number of carbonyl (C=O) groups is 6. The van der Waals surface area contributed by atoms with Gasteiger partial charge in [-0.05, 0) is 49.9 Å².